The number of nitrogens with zero attached hydrogens (tertiary/aromatic N) is 4. The molecule has 0 bridgehead atoms. The van der Waals surface area contributed by atoms with Crippen LogP contribution in [0.4, 0.5) is 0 Å². The van der Waals surface area contributed by atoms with Gasteiger partial charge in [-0.15, -0.1) is 10.2 Å². The molecule has 0 saturated heterocycles. The van der Waals surface area contributed by atoms with Crippen molar-refractivity contribution in [3.05, 3.63) is 70.3 Å². The van der Waals surface area contributed by atoms with E-state index in [9.17, 15) is 0 Å². The maximum Gasteiger partial charge on any atom is 0.162 e. The Bertz CT molecular complexity index is 1070. The van der Waals surface area contributed by atoms with Crippen molar-refractivity contribution in [1.82, 2.24) is 14.8 Å². The van der Waals surface area contributed by atoms with E-state index in [-0.39, 0.29) is 6.04 Å². The lowest BCUT2D eigenvalue weighted by atomic mass is 9.79. The lowest BCUT2D eigenvalue weighted by Crippen LogP contribution is -2.22. The summed E-state index contributed by atoms with van der Waals surface area (Å²) in [4.78, 5) is 5.26. The highest BCUT2D eigenvalue weighted by Gasteiger charge is 2.36. The molecular weight excluding hydrogens is 372 g/mol. The second kappa shape index (κ2) is 6.74. The highest BCUT2D eigenvalue weighted by molar-refractivity contribution is 6.30. The van der Waals surface area contributed by atoms with Gasteiger partial charge in [0.1, 0.15) is 17.6 Å². The van der Waals surface area contributed by atoms with E-state index in [1.165, 1.54) is 19.3 Å². The van der Waals surface area contributed by atoms with Crippen LogP contribution in [0.15, 0.2) is 47.5 Å². The average Bonchev–Trinajstić information content (AvgIpc) is 2.98. The number of hydrogen-bond donors (Lipinski definition) is 0. The third kappa shape index (κ3) is 2.73. The first-order valence-electron chi connectivity index (χ1n) is 9.60. The molecule has 0 amide bonds. The number of aromatic nitrogens is 3. The summed E-state index contributed by atoms with van der Waals surface area (Å²) in [5, 5.41) is 9.63. The Morgan fingerprint density at radius 2 is 1.86 bits per heavy atom. The fourth-order valence-electron chi connectivity index (χ4n) is 4.07. The minimum Gasteiger partial charge on any atom is -0.497 e. The van der Waals surface area contributed by atoms with Gasteiger partial charge in [0.15, 0.2) is 5.82 Å². The van der Waals surface area contributed by atoms with Gasteiger partial charge in [0.2, 0.25) is 0 Å². The molecule has 142 valence electrons. The summed E-state index contributed by atoms with van der Waals surface area (Å²) in [6.45, 7) is 2.00. The van der Waals surface area contributed by atoms with Gasteiger partial charge in [-0.05, 0) is 56.0 Å². The number of methoxy groups -OCH3 is 1. The standard InChI is InChI=1S/C22H21ClN4O/c1-13-25-26-22-21(14-4-3-5-14)24-20(15-6-8-16(23)9-7-15)18-12-17(28-2)10-11-19(18)27(13)22/h6-12,14,21H,3-5H2,1-2H3. The van der Waals surface area contributed by atoms with Crippen molar-refractivity contribution in [2.75, 3.05) is 7.11 Å². The Morgan fingerprint density at radius 3 is 2.54 bits per heavy atom. The maximum atomic E-state index is 6.14. The zero-order chi connectivity index (χ0) is 19.3. The molecule has 5 rings (SSSR count). The molecule has 2 heterocycles. The summed E-state index contributed by atoms with van der Waals surface area (Å²) in [7, 11) is 1.68. The zero-order valence-corrected chi connectivity index (χ0v) is 16.6. The number of benzene rings is 2. The van der Waals surface area contributed by atoms with Crippen LogP contribution in [-0.4, -0.2) is 27.6 Å². The van der Waals surface area contributed by atoms with E-state index in [0.717, 1.165) is 39.9 Å². The summed E-state index contributed by atoms with van der Waals surface area (Å²) in [5.41, 5.74) is 4.05. The van der Waals surface area contributed by atoms with Gasteiger partial charge in [0.25, 0.3) is 0 Å². The summed E-state index contributed by atoms with van der Waals surface area (Å²) >= 11 is 6.14. The highest BCUT2D eigenvalue weighted by Crippen LogP contribution is 2.43. The molecule has 5 nitrogen and oxygen atoms in total. The van der Waals surface area contributed by atoms with Gasteiger partial charge >= 0.3 is 0 Å². The number of hydrogen-bond acceptors (Lipinski definition) is 4. The molecule has 6 heteroatoms. The molecule has 1 fully saturated rings. The first kappa shape index (κ1) is 17.4. The van der Waals surface area contributed by atoms with Crippen molar-refractivity contribution < 1.29 is 4.74 Å². The van der Waals surface area contributed by atoms with Gasteiger partial charge in [-0.2, -0.15) is 0 Å². The molecule has 1 saturated carbocycles. The maximum absolute atomic E-state index is 6.14. The second-order valence-corrected chi connectivity index (χ2v) is 7.88. The Kier molecular flexibility index (Phi) is 4.20. The van der Waals surface area contributed by atoms with Crippen molar-refractivity contribution in [1.29, 1.82) is 0 Å². The topological polar surface area (TPSA) is 52.3 Å². The molecule has 1 aromatic heterocycles. The molecule has 0 radical (unpaired) electrons. The van der Waals surface area contributed by atoms with E-state index in [1.54, 1.807) is 7.11 Å². The summed E-state index contributed by atoms with van der Waals surface area (Å²) < 4.78 is 7.67. The molecule has 28 heavy (non-hydrogen) atoms. The summed E-state index contributed by atoms with van der Waals surface area (Å²) in [6.07, 6.45) is 3.60. The molecule has 1 aliphatic heterocycles. The van der Waals surface area contributed by atoms with Gasteiger partial charge in [-0.3, -0.25) is 9.56 Å². The minimum absolute atomic E-state index is 0.000905. The van der Waals surface area contributed by atoms with Crippen LogP contribution in [0.2, 0.25) is 5.02 Å². The molecule has 0 N–H and O–H groups in total. The Hall–Kier alpha value is -2.66. The van der Waals surface area contributed by atoms with Crippen LogP contribution in [0.5, 0.6) is 5.75 Å². The third-order valence-electron chi connectivity index (χ3n) is 5.80. The largest absolute Gasteiger partial charge is 0.497 e. The van der Waals surface area contributed by atoms with E-state index in [0.29, 0.717) is 10.9 Å². The fourth-order valence-corrected chi connectivity index (χ4v) is 4.20. The van der Waals surface area contributed by atoms with Crippen LogP contribution in [0.1, 0.15) is 48.1 Å². The van der Waals surface area contributed by atoms with E-state index >= 15 is 0 Å². The fraction of sp³-hybridized carbons (Fsp3) is 0.318. The first-order valence-corrected chi connectivity index (χ1v) is 9.98. The first-order chi connectivity index (χ1) is 13.7. The van der Waals surface area contributed by atoms with E-state index < -0.39 is 0 Å². The lowest BCUT2D eigenvalue weighted by molar-refractivity contribution is 0.258. The Morgan fingerprint density at radius 1 is 1.07 bits per heavy atom. The van der Waals surface area contributed by atoms with Crippen molar-refractivity contribution in [2.45, 2.75) is 32.2 Å². The predicted molar refractivity (Wildman–Crippen MR) is 110 cm³/mol. The summed E-state index contributed by atoms with van der Waals surface area (Å²) in [6, 6.07) is 14.0. The van der Waals surface area contributed by atoms with E-state index in [4.69, 9.17) is 21.3 Å². The molecule has 2 aromatic carbocycles. The number of aliphatic imine (C=N–C) groups is 1. The van der Waals surface area contributed by atoms with Gasteiger partial charge < -0.3 is 4.74 Å². The van der Waals surface area contributed by atoms with Gasteiger partial charge in [0, 0.05) is 16.1 Å². The van der Waals surface area contributed by atoms with Crippen molar-refractivity contribution in [2.24, 2.45) is 10.9 Å². The zero-order valence-electron chi connectivity index (χ0n) is 15.9. The average molecular weight is 393 g/mol. The molecule has 0 spiro atoms. The van der Waals surface area contributed by atoms with Gasteiger partial charge in [0.05, 0.1) is 18.5 Å². The lowest BCUT2D eigenvalue weighted by Gasteiger charge is -2.30. The minimum atomic E-state index is -0.000905. The normalized spacial score (nSPS) is 18.5. The molecule has 2 aliphatic rings. The number of aryl methyl sites for hydroxylation is 1. The number of halogens is 1. The Balaban J connectivity index is 1.79. The molecule has 1 aliphatic carbocycles. The number of fused-ring (bicyclic) bond motifs is 3. The smallest absolute Gasteiger partial charge is 0.162 e. The van der Waals surface area contributed by atoms with Gasteiger partial charge in [-0.1, -0.05) is 30.2 Å². The molecule has 1 unspecified atom stereocenters. The highest BCUT2D eigenvalue weighted by atomic mass is 35.5. The monoisotopic (exact) mass is 392 g/mol. The van der Waals surface area contributed by atoms with Crippen molar-refractivity contribution >= 4 is 17.3 Å². The summed E-state index contributed by atoms with van der Waals surface area (Å²) in [5.74, 6) is 3.10. The van der Waals surface area contributed by atoms with Crippen LogP contribution in [0, 0.1) is 12.8 Å². The molecule has 3 aromatic rings. The van der Waals surface area contributed by atoms with Gasteiger partial charge in [-0.25, -0.2) is 0 Å². The SMILES string of the molecule is COc1ccc2c(c1)C(c1ccc(Cl)cc1)=NC(C1CCC1)c1nnc(C)n1-2. The van der Waals surface area contributed by atoms with Crippen LogP contribution in [0.25, 0.3) is 5.69 Å². The Labute approximate surface area is 169 Å². The van der Waals surface area contributed by atoms with Crippen LogP contribution < -0.4 is 4.74 Å². The van der Waals surface area contributed by atoms with Crippen LogP contribution in [-0.2, 0) is 0 Å². The number of rotatable bonds is 3. The van der Waals surface area contributed by atoms with Crippen molar-refractivity contribution in [3.8, 4) is 11.4 Å². The van der Waals surface area contributed by atoms with Crippen molar-refractivity contribution in [3.63, 3.8) is 0 Å². The molecule has 1 atom stereocenters. The quantitative estimate of drug-likeness (QED) is 0.635. The predicted octanol–water partition coefficient (Wildman–Crippen LogP) is 4.93. The second-order valence-electron chi connectivity index (χ2n) is 7.44. The third-order valence-corrected chi connectivity index (χ3v) is 6.05. The van der Waals surface area contributed by atoms with E-state index in [2.05, 4.69) is 26.9 Å². The van der Waals surface area contributed by atoms with Crippen LogP contribution >= 0.6 is 11.6 Å². The van der Waals surface area contributed by atoms with E-state index in [1.807, 2.05) is 37.3 Å². The van der Waals surface area contributed by atoms with Crippen LogP contribution in [0.3, 0.4) is 0 Å². The molecular formula is C22H21ClN4O. The number of ether oxygens (including phenoxy) is 1.